The Hall–Kier alpha value is -0.940. The molecule has 0 spiro atoms. The van der Waals surface area contributed by atoms with Gasteiger partial charge in [-0.05, 0) is 37.5 Å². The van der Waals surface area contributed by atoms with Crippen LogP contribution in [0.5, 0.6) is 0 Å². The van der Waals surface area contributed by atoms with Gasteiger partial charge in [0.1, 0.15) is 6.07 Å². The van der Waals surface area contributed by atoms with Crippen molar-refractivity contribution in [1.82, 2.24) is 0 Å². The van der Waals surface area contributed by atoms with E-state index < -0.39 is 0 Å². The van der Waals surface area contributed by atoms with E-state index in [1.54, 1.807) is 0 Å². The summed E-state index contributed by atoms with van der Waals surface area (Å²) in [5.74, 6) is 0. The second kappa shape index (κ2) is 5.41. The molecule has 16 heavy (non-hydrogen) atoms. The second-order valence-electron chi connectivity index (χ2n) is 4.49. The van der Waals surface area contributed by atoms with Gasteiger partial charge in [-0.3, -0.25) is 0 Å². The fourth-order valence-corrected chi connectivity index (χ4v) is 3.50. The maximum atomic E-state index is 9.11. The van der Waals surface area contributed by atoms with Crippen molar-refractivity contribution in [1.29, 1.82) is 5.26 Å². The Morgan fingerprint density at radius 1 is 1.25 bits per heavy atom. The minimum atomic E-state index is 0.726. The highest BCUT2D eigenvalue weighted by atomic mass is 32.2. The average molecular weight is 231 g/mol. The molecule has 0 aliphatic heterocycles. The lowest BCUT2D eigenvalue weighted by molar-refractivity contribution is 0.516. The fourth-order valence-electron chi connectivity index (χ4n) is 2.20. The van der Waals surface area contributed by atoms with E-state index in [1.807, 2.05) is 24.8 Å². The van der Waals surface area contributed by atoms with Gasteiger partial charge in [-0.1, -0.05) is 25.3 Å². The quantitative estimate of drug-likeness (QED) is 0.758. The molecule has 1 aliphatic carbocycles. The highest BCUT2D eigenvalue weighted by Crippen LogP contribution is 2.35. The smallest absolute Gasteiger partial charge is 0.100 e. The van der Waals surface area contributed by atoms with Gasteiger partial charge >= 0.3 is 0 Å². The monoisotopic (exact) mass is 231 g/mol. The van der Waals surface area contributed by atoms with Crippen LogP contribution < -0.4 is 0 Å². The summed E-state index contributed by atoms with van der Waals surface area (Å²) in [7, 11) is 0. The lowest BCUT2D eigenvalue weighted by atomic mass is 10.0. The largest absolute Gasteiger partial charge is 0.192 e. The third-order valence-corrected chi connectivity index (χ3v) is 4.52. The van der Waals surface area contributed by atoms with Crippen LogP contribution in [0.25, 0.3) is 0 Å². The number of aryl methyl sites for hydroxylation is 1. The van der Waals surface area contributed by atoms with E-state index in [9.17, 15) is 0 Å². The molecule has 0 heterocycles. The zero-order valence-corrected chi connectivity index (χ0v) is 10.5. The molecule has 1 saturated carbocycles. The Balaban J connectivity index is 2.11. The van der Waals surface area contributed by atoms with Crippen molar-refractivity contribution >= 4 is 11.8 Å². The summed E-state index contributed by atoms with van der Waals surface area (Å²) in [6, 6.07) is 8.50. The number of hydrogen-bond donors (Lipinski definition) is 0. The molecular weight excluding hydrogens is 214 g/mol. The summed E-state index contributed by atoms with van der Waals surface area (Å²) in [5, 5.41) is 9.83. The number of benzene rings is 1. The first-order valence-electron chi connectivity index (χ1n) is 5.97. The van der Waals surface area contributed by atoms with Gasteiger partial charge in [-0.25, -0.2) is 0 Å². The fraction of sp³-hybridized carbons (Fsp3) is 0.500. The van der Waals surface area contributed by atoms with Crippen molar-refractivity contribution < 1.29 is 0 Å². The third kappa shape index (κ3) is 2.80. The third-order valence-electron chi connectivity index (χ3n) is 3.10. The van der Waals surface area contributed by atoms with Crippen LogP contribution in [0.2, 0.25) is 0 Å². The van der Waals surface area contributed by atoms with E-state index in [4.69, 9.17) is 5.26 Å². The molecule has 0 atom stereocenters. The van der Waals surface area contributed by atoms with Gasteiger partial charge in [0.25, 0.3) is 0 Å². The van der Waals surface area contributed by atoms with Crippen LogP contribution in [0.4, 0.5) is 0 Å². The van der Waals surface area contributed by atoms with Gasteiger partial charge in [-0.2, -0.15) is 5.26 Å². The maximum Gasteiger partial charge on any atom is 0.100 e. The first-order valence-corrected chi connectivity index (χ1v) is 6.85. The van der Waals surface area contributed by atoms with Crippen molar-refractivity contribution in [2.45, 2.75) is 49.2 Å². The van der Waals surface area contributed by atoms with Crippen molar-refractivity contribution in [2.24, 2.45) is 0 Å². The second-order valence-corrected chi connectivity index (χ2v) is 5.83. The summed E-state index contributed by atoms with van der Waals surface area (Å²) >= 11 is 1.90. The average Bonchev–Trinajstić information content (AvgIpc) is 2.33. The molecule has 0 unspecified atom stereocenters. The zero-order chi connectivity index (χ0) is 11.4. The van der Waals surface area contributed by atoms with E-state index >= 15 is 0 Å². The normalized spacial score (nSPS) is 17.0. The van der Waals surface area contributed by atoms with Crippen LogP contribution in [-0.2, 0) is 0 Å². The van der Waals surface area contributed by atoms with Crippen molar-refractivity contribution in [2.75, 3.05) is 0 Å². The van der Waals surface area contributed by atoms with Gasteiger partial charge in [0.15, 0.2) is 0 Å². The van der Waals surface area contributed by atoms with Crippen molar-refractivity contribution in [3.8, 4) is 6.07 Å². The van der Waals surface area contributed by atoms with Gasteiger partial charge in [0.2, 0.25) is 0 Å². The summed E-state index contributed by atoms with van der Waals surface area (Å²) < 4.78 is 0. The molecule has 0 saturated heterocycles. The topological polar surface area (TPSA) is 23.8 Å². The molecular formula is C14H17NS. The summed E-state index contributed by atoms with van der Waals surface area (Å²) in [5.41, 5.74) is 2.01. The Kier molecular flexibility index (Phi) is 3.90. The van der Waals surface area contributed by atoms with E-state index in [0.29, 0.717) is 0 Å². The molecule has 0 aromatic heterocycles. The Labute approximate surface area is 102 Å². The van der Waals surface area contributed by atoms with Crippen LogP contribution in [0.1, 0.15) is 43.2 Å². The van der Waals surface area contributed by atoms with Crippen LogP contribution in [0.15, 0.2) is 23.1 Å². The molecule has 84 valence electrons. The summed E-state index contributed by atoms with van der Waals surface area (Å²) in [6.45, 7) is 2.04. The molecule has 0 amide bonds. The number of nitrogens with zero attached hydrogens (tertiary/aromatic N) is 1. The molecule has 1 nitrogen and oxygen atoms in total. The Bertz CT molecular complexity index is 400. The molecule has 0 radical (unpaired) electrons. The minimum absolute atomic E-state index is 0.726. The van der Waals surface area contributed by atoms with Crippen LogP contribution in [-0.4, -0.2) is 5.25 Å². The summed E-state index contributed by atoms with van der Waals surface area (Å²) in [4.78, 5) is 1.17. The van der Waals surface area contributed by atoms with Gasteiger partial charge in [0, 0.05) is 10.1 Å². The van der Waals surface area contributed by atoms with E-state index in [-0.39, 0.29) is 0 Å². The van der Waals surface area contributed by atoms with Gasteiger partial charge < -0.3 is 0 Å². The van der Waals surface area contributed by atoms with E-state index in [2.05, 4.69) is 18.2 Å². The molecule has 0 bridgehead atoms. The highest BCUT2D eigenvalue weighted by Gasteiger charge is 2.16. The molecule has 0 N–H and O–H groups in total. The molecule has 1 aliphatic rings. The number of hydrogen-bond acceptors (Lipinski definition) is 2. The van der Waals surface area contributed by atoms with Crippen LogP contribution in [0, 0.1) is 18.3 Å². The summed E-state index contributed by atoms with van der Waals surface area (Å²) in [6.07, 6.45) is 6.71. The molecule has 2 rings (SSSR count). The van der Waals surface area contributed by atoms with E-state index in [0.717, 1.165) is 10.8 Å². The minimum Gasteiger partial charge on any atom is -0.192 e. The highest BCUT2D eigenvalue weighted by molar-refractivity contribution is 8.00. The number of thioether (sulfide) groups is 1. The first kappa shape index (κ1) is 11.5. The van der Waals surface area contributed by atoms with Crippen LogP contribution in [0.3, 0.4) is 0 Å². The molecule has 1 fully saturated rings. The molecule has 1 aromatic rings. The Morgan fingerprint density at radius 3 is 2.69 bits per heavy atom. The van der Waals surface area contributed by atoms with E-state index in [1.165, 1.54) is 42.6 Å². The lowest BCUT2D eigenvalue weighted by Gasteiger charge is -2.21. The Morgan fingerprint density at radius 2 is 2.00 bits per heavy atom. The maximum absolute atomic E-state index is 9.11. The molecule has 2 heteroatoms. The van der Waals surface area contributed by atoms with Gasteiger partial charge in [-0.15, -0.1) is 11.8 Å². The number of nitriles is 1. The zero-order valence-electron chi connectivity index (χ0n) is 9.70. The van der Waals surface area contributed by atoms with Gasteiger partial charge in [0.05, 0.1) is 5.56 Å². The lowest BCUT2D eigenvalue weighted by Crippen LogP contribution is -2.07. The predicted molar refractivity (Wildman–Crippen MR) is 68.6 cm³/mol. The van der Waals surface area contributed by atoms with Crippen molar-refractivity contribution in [3.63, 3.8) is 0 Å². The first-order chi connectivity index (χ1) is 7.79. The predicted octanol–water partition coefficient (Wildman–Crippen LogP) is 4.29. The van der Waals surface area contributed by atoms with Crippen molar-refractivity contribution in [3.05, 3.63) is 29.3 Å². The van der Waals surface area contributed by atoms with Crippen LogP contribution >= 0.6 is 11.8 Å². The SMILES string of the molecule is Cc1ccc(SC2CCCCC2)c(C#N)c1. The number of rotatable bonds is 2. The molecule has 1 aromatic carbocycles. The standard InChI is InChI=1S/C14H17NS/c1-11-7-8-14(12(9-11)10-15)16-13-5-3-2-4-6-13/h7-9,13H,2-6H2,1H3.